The SMILES string of the molecule is Cc1cccc(Nc2cc(NCC3CC3)n3ncc(C=C4CC(=O)NC4=O)c3n2)c1. The molecule has 1 saturated heterocycles. The molecule has 1 aromatic carbocycles. The van der Waals surface area contributed by atoms with Crippen LogP contribution in [0.2, 0.25) is 0 Å². The van der Waals surface area contributed by atoms with Crippen molar-refractivity contribution in [2.24, 2.45) is 5.92 Å². The second kappa shape index (κ2) is 7.29. The van der Waals surface area contributed by atoms with E-state index in [1.54, 1.807) is 16.8 Å². The van der Waals surface area contributed by atoms with Crippen molar-refractivity contribution in [3.05, 3.63) is 53.2 Å². The van der Waals surface area contributed by atoms with Gasteiger partial charge in [-0.15, -0.1) is 0 Å². The van der Waals surface area contributed by atoms with Crippen molar-refractivity contribution in [2.45, 2.75) is 26.2 Å². The number of benzene rings is 1. The van der Waals surface area contributed by atoms with Crippen molar-refractivity contribution in [3.63, 3.8) is 0 Å². The average molecular weight is 402 g/mol. The van der Waals surface area contributed by atoms with Gasteiger partial charge in [0, 0.05) is 29.4 Å². The highest BCUT2D eigenvalue weighted by Crippen LogP contribution is 2.30. The zero-order valence-electron chi connectivity index (χ0n) is 16.6. The highest BCUT2D eigenvalue weighted by Gasteiger charge is 2.25. The van der Waals surface area contributed by atoms with Gasteiger partial charge in [-0.25, -0.2) is 4.98 Å². The van der Waals surface area contributed by atoms with Crippen molar-refractivity contribution < 1.29 is 9.59 Å². The molecule has 5 rings (SSSR count). The fourth-order valence-corrected chi connectivity index (χ4v) is 3.52. The van der Waals surface area contributed by atoms with Crippen LogP contribution in [-0.2, 0) is 9.59 Å². The largest absolute Gasteiger partial charge is 0.370 e. The van der Waals surface area contributed by atoms with E-state index in [4.69, 9.17) is 4.98 Å². The fraction of sp³-hybridized carbons (Fsp3) is 0.273. The average Bonchev–Trinajstić information content (AvgIpc) is 3.37. The molecule has 8 nitrogen and oxygen atoms in total. The maximum atomic E-state index is 12.0. The summed E-state index contributed by atoms with van der Waals surface area (Å²) in [6, 6.07) is 10.0. The van der Waals surface area contributed by atoms with Gasteiger partial charge in [-0.1, -0.05) is 12.1 Å². The molecule has 1 aliphatic carbocycles. The second-order valence-electron chi connectivity index (χ2n) is 7.90. The normalized spacial score (nSPS) is 17.6. The summed E-state index contributed by atoms with van der Waals surface area (Å²) >= 11 is 0. The Morgan fingerprint density at radius 1 is 1.27 bits per heavy atom. The van der Waals surface area contributed by atoms with Crippen LogP contribution < -0.4 is 16.0 Å². The van der Waals surface area contributed by atoms with Gasteiger partial charge in [-0.05, 0) is 49.5 Å². The lowest BCUT2D eigenvalue weighted by Crippen LogP contribution is -2.19. The summed E-state index contributed by atoms with van der Waals surface area (Å²) in [5.74, 6) is 1.56. The van der Waals surface area contributed by atoms with Crippen molar-refractivity contribution in [3.8, 4) is 0 Å². The summed E-state index contributed by atoms with van der Waals surface area (Å²) in [4.78, 5) is 28.2. The molecular weight excluding hydrogens is 380 g/mol. The third-order valence-electron chi connectivity index (χ3n) is 5.28. The van der Waals surface area contributed by atoms with E-state index in [-0.39, 0.29) is 18.2 Å². The number of hydrogen-bond acceptors (Lipinski definition) is 6. The van der Waals surface area contributed by atoms with Crippen LogP contribution in [0.1, 0.15) is 30.4 Å². The van der Waals surface area contributed by atoms with Gasteiger partial charge in [0.2, 0.25) is 5.91 Å². The standard InChI is InChI=1S/C22H22N6O2/c1-13-3-2-4-17(7-13)25-18-10-19(23-11-14-5-6-14)28-21(26-18)16(12-24-28)8-15-9-20(29)27-22(15)30/h2-4,7-8,10,12,14,23H,5-6,9,11H2,1H3,(H,25,26)(H,27,29,30). The number of fused-ring (bicyclic) bond motifs is 1. The Bertz CT molecular complexity index is 1190. The van der Waals surface area contributed by atoms with Crippen LogP contribution in [-0.4, -0.2) is 33.0 Å². The van der Waals surface area contributed by atoms with E-state index in [0.717, 1.165) is 23.6 Å². The Morgan fingerprint density at radius 3 is 2.87 bits per heavy atom. The minimum atomic E-state index is -0.361. The molecule has 0 radical (unpaired) electrons. The van der Waals surface area contributed by atoms with Gasteiger partial charge in [0.25, 0.3) is 5.91 Å². The number of aryl methyl sites for hydroxylation is 1. The highest BCUT2D eigenvalue weighted by atomic mass is 16.2. The molecule has 0 atom stereocenters. The minimum Gasteiger partial charge on any atom is -0.370 e. The van der Waals surface area contributed by atoms with Gasteiger partial charge < -0.3 is 10.6 Å². The second-order valence-corrected chi connectivity index (χ2v) is 7.90. The van der Waals surface area contributed by atoms with Crippen molar-refractivity contribution in [1.82, 2.24) is 19.9 Å². The summed E-state index contributed by atoms with van der Waals surface area (Å²) in [6.45, 7) is 2.93. The molecule has 0 spiro atoms. The lowest BCUT2D eigenvalue weighted by atomic mass is 10.1. The van der Waals surface area contributed by atoms with E-state index in [1.807, 2.05) is 31.2 Å². The number of hydrogen-bond donors (Lipinski definition) is 3. The summed E-state index contributed by atoms with van der Waals surface area (Å²) in [5.41, 5.74) is 3.82. The van der Waals surface area contributed by atoms with Crippen LogP contribution in [0.5, 0.6) is 0 Å². The van der Waals surface area contributed by atoms with Crippen LogP contribution >= 0.6 is 0 Å². The Hall–Kier alpha value is -3.68. The zero-order chi connectivity index (χ0) is 20.7. The number of aromatic nitrogens is 3. The number of rotatable bonds is 6. The van der Waals surface area contributed by atoms with Gasteiger partial charge >= 0.3 is 0 Å². The maximum Gasteiger partial charge on any atom is 0.254 e. The highest BCUT2D eigenvalue weighted by molar-refractivity contribution is 6.15. The molecule has 0 bridgehead atoms. The molecule has 3 N–H and O–H groups in total. The lowest BCUT2D eigenvalue weighted by molar-refractivity contribution is -0.124. The van der Waals surface area contributed by atoms with Crippen LogP contribution in [0, 0.1) is 12.8 Å². The van der Waals surface area contributed by atoms with E-state index in [9.17, 15) is 9.59 Å². The number of carbonyl (C=O) groups excluding carboxylic acids is 2. The Morgan fingerprint density at radius 2 is 2.13 bits per heavy atom. The summed E-state index contributed by atoms with van der Waals surface area (Å²) in [6.07, 6.45) is 5.93. The van der Waals surface area contributed by atoms with E-state index >= 15 is 0 Å². The Kier molecular flexibility index (Phi) is 4.46. The van der Waals surface area contributed by atoms with Crippen molar-refractivity contribution in [2.75, 3.05) is 17.2 Å². The quantitative estimate of drug-likeness (QED) is 0.433. The monoisotopic (exact) mass is 402 g/mol. The maximum absolute atomic E-state index is 12.0. The molecule has 1 saturated carbocycles. The van der Waals surface area contributed by atoms with Gasteiger partial charge in [0.05, 0.1) is 12.6 Å². The molecular formula is C22H22N6O2. The molecule has 2 aromatic heterocycles. The zero-order valence-corrected chi connectivity index (χ0v) is 16.6. The molecule has 0 unspecified atom stereocenters. The van der Waals surface area contributed by atoms with Crippen LogP contribution in [0.25, 0.3) is 11.7 Å². The van der Waals surface area contributed by atoms with E-state index < -0.39 is 0 Å². The number of nitrogens with one attached hydrogen (secondary N) is 3. The smallest absolute Gasteiger partial charge is 0.254 e. The first-order valence-corrected chi connectivity index (χ1v) is 10.1. The molecule has 2 aliphatic rings. The Balaban J connectivity index is 1.55. The van der Waals surface area contributed by atoms with E-state index in [2.05, 4.69) is 27.1 Å². The number of amides is 2. The molecule has 3 aromatic rings. The van der Waals surface area contributed by atoms with Crippen LogP contribution in [0.15, 0.2) is 42.1 Å². The number of anilines is 3. The summed E-state index contributed by atoms with van der Waals surface area (Å²) in [5, 5.41) is 13.6. The fourth-order valence-electron chi connectivity index (χ4n) is 3.52. The predicted molar refractivity (Wildman–Crippen MR) is 114 cm³/mol. The lowest BCUT2D eigenvalue weighted by Gasteiger charge is -2.12. The topological polar surface area (TPSA) is 100 Å². The van der Waals surface area contributed by atoms with Crippen LogP contribution in [0.4, 0.5) is 17.3 Å². The third-order valence-corrected chi connectivity index (χ3v) is 5.28. The predicted octanol–water partition coefficient (Wildman–Crippen LogP) is 3.03. The molecule has 30 heavy (non-hydrogen) atoms. The number of imide groups is 1. The van der Waals surface area contributed by atoms with E-state index in [0.29, 0.717) is 28.5 Å². The first kappa shape index (κ1) is 18.4. The molecule has 2 amide bonds. The third kappa shape index (κ3) is 3.76. The Labute approximate surface area is 173 Å². The van der Waals surface area contributed by atoms with E-state index in [1.165, 1.54) is 12.8 Å². The molecule has 3 heterocycles. The minimum absolute atomic E-state index is 0.0736. The van der Waals surface area contributed by atoms with Crippen molar-refractivity contribution >= 4 is 40.9 Å². The molecule has 8 heteroatoms. The summed E-state index contributed by atoms with van der Waals surface area (Å²) < 4.78 is 1.74. The van der Waals surface area contributed by atoms with Gasteiger partial charge in [0.1, 0.15) is 11.6 Å². The number of carbonyl (C=O) groups is 2. The first-order chi connectivity index (χ1) is 14.5. The van der Waals surface area contributed by atoms with Crippen molar-refractivity contribution in [1.29, 1.82) is 0 Å². The van der Waals surface area contributed by atoms with Gasteiger partial charge in [-0.2, -0.15) is 9.61 Å². The molecule has 1 aliphatic heterocycles. The first-order valence-electron chi connectivity index (χ1n) is 10.1. The summed E-state index contributed by atoms with van der Waals surface area (Å²) in [7, 11) is 0. The van der Waals surface area contributed by atoms with Gasteiger partial charge in [0.15, 0.2) is 5.65 Å². The van der Waals surface area contributed by atoms with Crippen LogP contribution in [0.3, 0.4) is 0 Å². The molecule has 2 fully saturated rings. The molecule has 152 valence electrons. The number of nitrogens with zero attached hydrogens (tertiary/aromatic N) is 3. The van der Waals surface area contributed by atoms with Gasteiger partial charge in [-0.3, -0.25) is 14.9 Å².